The minimum absolute atomic E-state index is 0. The Bertz CT molecular complexity index is 449. The third kappa shape index (κ3) is 4.54. The van der Waals surface area contributed by atoms with Crippen molar-refractivity contribution in [3.8, 4) is 5.75 Å². The van der Waals surface area contributed by atoms with Gasteiger partial charge in [0.2, 0.25) is 5.91 Å². The smallest absolute Gasteiger partial charge is 0.224 e. The number of piperidine rings is 1. The number of halogens is 2. The Balaban J connectivity index is 0.00000200. The fourth-order valence-electron chi connectivity index (χ4n) is 2.27. The summed E-state index contributed by atoms with van der Waals surface area (Å²) in [5.74, 6) is 0.880. The van der Waals surface area contributed by atoms with Crippen molar-refractivity contribution in [3.05, 3.63) is 28.8 Å². The molecule has 0 spiro atoms. The van der Waals surface area contributed by atoms with Gasteiger partial charge < -0.3 is 15.4 Å². The molecule has 4 nitrogen and oxygen atoms in total. The first kappa shape index (κ1) is 17.1. The Morgan fingerprint density at radius 3 is 3.00 bits per heavy atom. The normalized spacial score (nSPS) is 18.0. The lowest BCUT2D eigenvalue weighted by molar-refractivity contribution is -0.125. The van der Waals surface area contributed by atoms with Crippen molar-refractivity contribution in [1.29, 1.82) is 0 Å². The van der Waals surface area contributed by atoms with Crippen LogP contribution in [0, 0.1) is 5.92 Å². The highest BCUT2D eigenvalue weighted by Gasteiger charge is 2.20. The van der Waals surface area contributed by atoms with Crippen molar-refractivity contribution in [1.82, 2.24) is 10.6 Å². The van der Waals surface area contributed by atoms with E-state index in [0.29, 0.717) is 17.3 Å². The zero-order chi connectivity index (χ0) is 13.7. The fraction of sp³-hybridized carbons (Fsp3) is 0.500. The SMILES string of the molecule is COc1cc(Cl)ccc1CNC(=O)C1CCCNC1.Cl. The van der Waals surface area contributed by atoms with E-state index in [2.05, 4.69) is 10.6 Å². The van der Waals surface area contributed by atoms with Gasteiger partial charge in [0.25, 0.3) is 0 Å². The number of nitrogens with one attached hydrogen (secondary N) is 2. The zero-order valence-corrected chi connectivity index (χ0v) is 13.0. The molecule has 1 aromatic carbocycles. The van der Waals surface area contributed by atoms with Gasteiger partial charge in [0.15, 0.2) is 0 Å². The summed E-state index contributed by atoms with van der Waals surface area (Å²) in [6.45, 7) is 2.24. The standard InChI is InChI=1S/C14H19ClN2O2.ClH/c1-19-13-7-12(15)5-4-10(13)9-17-14(18)11-3-2-6-16-8-11;/h4-5,7,11,16H,2-3,6,8-9H2,1H3,(H,17,18);1H. The van der Waals surface area contributed by atoms with E-state index in [0.717, 1.165) is 31.5 Å². The lowest BCUT2D eigenvalue weighted by atomic mass is 9.99. The summed E-state index contributed by atoms with van der Waals surface area (Å²) in [7, 11) is 1.60. The van der Waals surface area contributed by atoms with Gasteiger partial charge in [-0.25, -0.2) is 0 Å². The molecule has 1 saturated heterocycles. The number of benzene rings is 1. The molecule has 0 aromatic heterocycles. The first-order valence-corrected chi connectivity index (χ1v) is 6.89. The maximum absolute atomic E-state index is 12.0. The van der Waals surface area contributed by atoms with Crippen LogP contribution in [0.5, 0.6) is 5.75 Å². The van der Waals surface area contributed by atoms with Crippen molar-refractivity contribution in [2.75, 3.05) is 20.2 Å². The van der Waals surface area contributed by atoms with Crippen molar-refractivity contribution in [2.45, 2.75) is 19.4 Å². The van der Waals surface area contributed by atoms with Crippen LogP contribution in [0.15, 0.2) is 18.2 Å². The molecule has 1 atom stereocenters. The third-order valence-corrected chi connectivity index (χ3v) is 3.60. The Kier molecular flexibility index (Phi) is 7.13. The van der Waals surface area contributed by atoms with Gasteiger partial charge in [-0.15, -0.1) is 12.4 Å². The third-order valence-electron chi connectivity index (χ3n) is 3.37. The number of carbonyl (C=O) groups excluding carboxylic acids is 1. The lowest BCUT2D eigenvalue weighted by Gasteiger charge is -2.22. The van der Waals surface area contributed by atoms with E-state index < -0.39 is 0 Å². The molecule has 20 heavy (non-hydrogen) atoms. The number of hydrogen-bond acceptors (Lipinski definition) is 3. The maximum Gasteiger partial charge on any atom is 0.224 e. The molecule has 1 unspecified atom stereocenters. The molecule has 1 aliphatic rings. The number of hydrogen-bond donors (Lipinski definition) is 2. The highest BCUT2D eigenvalue weighted by atomic mass is 35.5. The molecule has 0 saturated carbocycles. The Morgan fingerprint density at radius 2 is 2.35 bits per heavy atom. The van der Waals surface area contributed by atoms with E-state index in [1.54, 1.807) is 19.2 Å². The molecule has 1 aliphatic heterocycles. The van der Waals surface area contributed by atoms with Crippen LogP contribution >= 0.6 is 24.0 Å². The summed E-state index contributed by atoms with van der Waals surface area (Å²) < 4.78 is 5.26. The monoisotopic (exact) mass is 318 g/mol. The van der Waals surface area contributed by atoms with Crippen LogP contribution in [0.4, 0.5) is 0 Å². The van der Waals surface area contributed by atoms with Crippen LogP contribution in [0.1, 0.15) is 18.4 Å². The van der Waals surface area contributed by atoms with E-state index >= 15 is 0 Å². The summed E-state index contributed by atoms with van der Waals surface area (Å²) in [5.41, 5.74) is 0.934. The van der Waals surface area contributed by atoms with Crippen molar-refractivity contribution in [3.63, 3.8) is 0 Å². The Labute approximate surface area is 130 Å². The molecule has 0 radical (unpaired) electrons. The average Bonchev–Trinajstić information content (AvgIpc) is 2.46. The second-order valence-electron chi connectivity index (χ2n) is 4.72. The summed E-state index contributed by atoms with van der Waals surface area (Å²) in [6, 6.07) is 5.43. The van der Waals surface area contributed by atoms with Crippen LogP contribution in [0.3, 0.4) is 0 Å². The molecule has 2 N–H and O–H groups in total. The second-order valence-corrected chi connectivity index (χ2v) is 5.15. The van der Waals surface area contributed by atoms with E-state index in [-0.39, 0.29) is 24.2 Å². The Morgan fingerprint density at radius 1 is 1.55 bits per heavy atom. The number of ether oxygens (including phenoxy) is 1. The largest absolute Gasteiger partial charge is 0.496 e. The molecule has 6 heteroatoms. The average molecular weight is 319 g/mol. The zero-order valence-electron chi connectivity index (χ0n) is 11.4. The van der Waals surface area contributed by atoms with Crippen LogP contribution in [0.2, 0.25) is 5.02 Å². The molecule has 1 aromatic rings. The van der Waals surface area contributed by atoms with Crippen molar-refractivity contribution in [2.24, 2.45) is 5.92 Å². The minimum atomic E-state index is 0. The van der Waals surface area contributed by atoms with Crippen molar-refractivity contribution >= 4 is 29.9 Å². The first-order chi connectivity index (χ1) is 9.20. The molecule has 0 aliphatic carbocycles. The van der Waals surface area contributed by atoms with Gasteiger partial charge in [-0.1, -0.05) is 17.7 Å². The molecule has 2 rings (SSSR count). The van der Waals surface area contributed by atoms with Gasteiger partial charge in [-0.05, 0) is 31.5 Å². The van der Waals surface area contributed by atoms with E-state index in [9.17, 15) is 4.79 Å². The van der Waals surface area contributed by atoms with E-state index in [4.69, 9.17) is 16.3 Å². The summed E-state index contributed by atoms with van der Waals surface area (Å²) in [5, 5.41) is 6.83. The number of rotatable bonds is 4. The van der Waals surface area contributed by atoms with Gasteiger partial charge in [0, 0.05) is 23.7 Å². The lowest BCUT2D eigenvalue weighted by Crippen LogP contribution is -2.40. The molecular weight excluding hydrogens is 299 g/mol. The van der Waals surface area contributed by atoms with E-state index in [1.165, 1.54) is 0 Å². The summed E-state index contributed by atoms with van der Waals surface area (Å²) >= 11 is 5.90. The maximum atomic E-state index is 12.0. The molecule has 1 fully saturated rings. The van der Waals surface area contributed by atoms with E-state index in [1.807, 2.05) is 6.07 Å². The molecule has 1 heterocycles. The van der Waals surface area contributed by atoms with Gasteiger partial charge in [0.1, 0.15) is 5.75 Å². The van der Waals surface area contributed by atoms with Gasteiger partial charge in [-0.2, -0.15) is 0 Å². The Hall–Kier alpha value is -0.970. The highest BCUT2D eigenvalue weighted by Crippen LogP contribution is 2.23. The highest BCUT2D eigenvalue weighted by molar-refractivity contribution is 6.30. The summed E-state index contributed by atoms with van der Waals surface area (Å²) in [4.78, 5) is 12.0. The fourth-order valence-corrected chi connectivity index (χ4v) is 2.43. The molecule has 1 amide bonds. The van der Waals surface area contributed by atoms with Crippen LogP contribution in [0.25, 0.3) is 0 Å². The van der Waals surface area contributed by atoms with Crippen LogP contribution in [-0.2, 0) is 11.3 Å². The minimum Gasteiger partial charge on any atom is -0.496 e. The molecular formula is C14H20Cl2N2O2. The summed E-state index contributed by atoms with van der Waals surface area (Å²) in [6.07, 6.45) is 2.01. The molecule has 112 valence electrons. The van der Waals surface area contributed by atoms with Gasteiger partial charge in [-0.3, -0.25) is 4.79 Å². The topological polar surface area (TPSA) is 50.4 Å². The van der Waals surface area contributed by atoms with Crippen LogP contribution < -0.4 is 15.4 Å². The second kappa shape index (κ2) is 8.35. The number of methoxy groups -OCH3 is 1. The molecule has 0 bridgehead atoms. The van der Waals surface area contributed by atoms with Gasteiger partial charge >= 0.3 is 0 Å². The first-order valence-electron chi connectivity index (χ1n) is 6.51. The predicted molar refractivity (Wildman–Crippen MR) is 82.7 cm³/mol. The van der Waals surface area contributed by atoms with Gasteiger partial charge in [0.05, 0.1) is 13.0 Å². The van der Waals surface area contributed by atoms with Crippen molar-refractivity contribution < 1.29 is 9.53 Å². The number of amides is 1. The quantitative estimate of drug-likeness (QED) is 0.896. The number of carbonyl (C=O) groups is 1. The predicted octanol–water partition coefficient (Wildman–Crippen LogP) is 2.39. The van der Waals surface area contributed by atoms with Crippen LogP contribution in [-0.4, -0.2) is 26.1 Å².